The second-order valence-corrected chi connectivity index (χ2v) is 18.5. The van der Waals surface area contributed by atoms with Crippen LogP contribution in [-0.4, -0.2) is 126 Å². The summed E-state index contributed by atoms with van der Waals surface area (Å²) in [6, 6.07) is 7.85. The maximum atomic E-state index is 13.4. The molecule has 0 saturated heterocycles. The second-order valence-electron chi connectivity index (χ2n) is 18.5. The third-order valence-electron chi connectivity index (χ3n) is 13.2. The molecular weight excluding hydrogens is 1010 g/mol. The van der Waals surface area contributed by atoms with Crippen molar-refractivity contribution in [3.05, 3.63) is 72.8 Å². The van der Waals surface area contributed by atoms with Gasteiger partial charge < -0.3 is 56.8 Å². The summed E-state index contributed by atoms with van der Waals surface area (Å²) >= 11 is 0. The topological polar surface area (TPSA) is 281 Å². The van der Waals surface area contributed by atoms with Gasteiger partial charge in [-0.15, -0.1) is 0 Å². The molecule has 77 heavy (non-hydrogen) atoms. The number of carbonyl (C=O) groups excluding carboxylic acids is 10. The number of methoxy groups -OCH3 is 2. The van der Waals surface area contributed by atoms with Crippen molar-refractivity contribution in [3.63, 3.8) is 0 Å². The van der Waals surface area contributed by atoms with Crippen LogP contribution in [0.15, 0.2) is 61.7 Å². The molecule has 418 valence electrons. The molecule has 2 aromatic rings. The summed E-state index contributed by atoms with van der Waals surface area (Å²) < 4.78 is 63.5. The minimum Gasteiger partial charge on any atom is -0.465 e. The standard InChI is InChI=1S/C55H66O22/c1-6-46(56)70-26-24-68-25-27-71-48(58)34-8-12-36(13-9-34)50(60)74-40-20-22-44(42(30-40)54(64)66-4)76-52(62)38-16-18-39(19-17-38)53(63)77-45-23-21-41(31-43(45)55(65)67-5)75-51(61)37-14-10-35(11-15-37)49(59)72-29-28-69-33(3)32-73-47(57)7-2/h6-7,20-23,30-31,33-39H,1-2,8-19,24-29,32H2,3-5H3. The lowest BCUT2D eigenvalue weighted by Gasteiger charge is -2.26. The van der Waals surface area contributed by atoms with Gasteiger partial charge in [0, 0.05) is 12.2 Å². The van der Waals surface area contributed by atoms with Crippen LogP contribution in [0.5, 0.6) is 23.0 Å². The van der Waals surface area contributed by atoms with Gasteiger partial charge in [-0.1, -0.05) is 13.2 Å². The lowest BCUT2D eigenvalue weighted by molar-refractivity contribution is -0.154. The van der Waals surface area contributed by atoms with Gasteiger partial charge in [0.2, 0.25) is 0 Å². The first kappa shape index (κ1) is 60.4. The monoisotopic (exact) mass is 1080 g/mol. The minimum absolute atomic E-state index is 0.00668. The zero-order valence-electron chi connectivity index (χ0n) is 43.5. The van der Waals surface area contributed by atoms with Crippen molar-refractivity contribution in [1.29, 1.82) is 0 Å². The summed E-state index contributed by atoms with van der Waals surface area (Å²) in [5.74, 6) is -9.53. The van der Waals surface area contributed by atoms with Gasteiger partial charge in [0.05, 0.1) is 75.7 Å². The normalized spacial score (nSPS) is 20.3. The predicted octanol–water partition coefficient (Wildman–Crippen LogP) is 5.97. The Morgan fingerprint density at radius 1 is 0.455 bits per heavy atom. The highest BCUT2D eigenvalue weighted by Crippen LogP contribution is 2.36. The third kappa shape index (κ3) is 19.0. The van der Waals surface area contributed by atoms with E-state index in [0.29, 0.717) is 51.4 Å². The predicted molar refractivity (Wildman–Crippen MR) is 265 cm³/mol. The lowest BCUT2D eigenvalue weighted by atomic mass is 9.82. The van der Waals surface area contributed by atoms with Crippen molar-refractivity contribution in [2.24, 2.45) is 35.5 Å². The van der Waals surface area contributed by atoms with E-state index < -0.39 is 101 Å². The number of benzene rings is 2. The van der Waals surface area contributed by atoms with Gasteiger partial charge in [0.15, 0.2) is 0 Å². The molecule has 22 nitrogen and oxygen atoms in total. The molecule has 5 rings (SSSR count). The summed E-state index contributed by atoms with van der Waals surface area (Å²) in [5, 5.41) is 0. The van der Waals surface area contributed by atoms with Gasteiger partial charge in [-0.25, -0.2) is 19.2 Å². The van der Waals surface area contributed by atoms with E-state index in [0.717, 1.165) is 26.4 Å². The Kier molecular flexibility index (Phi) is 24.3. The first-order chi connectivity index (χ1) is 37.0. The third-order valence-corrected chi connectivity index (χ3v) is 13.2. The summed E-state index contributed by atoms with van der Waals surface area (Å²) in [5.41, 5.74) is -0.335. The first-order valence-corrected chi connectivity index (χ1v) is 25.5. The van der Waals surface area contributed by atoms with Crippen LogP contribution < -0.4 is 18.9 Å². The van der Waals surface area contributed by atoms with E-state index in [4.69, 9.17) is 56.8 Å². The largest absolute Gasteiger partial charge is 0.465 e. The van der Waals surface area contributed by atoms with Crippen molar-refractivity contribution in [2.75, 3.05) is 60.5 Å². The average molecular weight is 1080 g/mol. The molecule has 0 bridgehead atoms. The van der Waals surface area contributed by atoms with Gasteiger partial charge in [-0.2, -0.15) is 0 Å². The Morgan fingerprint density at radius 2 is 0.792 bits per heavy atom. The van der Waals surface area contributed by atoms with E-state index in [2.05, 4.69) is 13.2 Å². The zero-order chi connectivity index (χ0) is 55.9. The molecule has 3 aliphatic carbocycles. The Hall–Kier alpha value is -7.46. The van der Waals surface area contributed by atoms with Crippen LogP contribution in [-0.2, 0) is 76.3 Å². The molecular formula is C55H66O22. The summed E-state index contributed by atoms with van der Waals surface area (Å²) in [4.78, 5) is 126. The molecule has 1 unspecified atom stereocenters. The molecule has 3 fully saturated rings. The Labute approximate surface area is 445 Å². The molecule has 0 radical (unpaired) electrons. The van der Waals surface area contributed by atoms with Crippen molar-refractivity contribution in [2.45, 2.75) is 90.1 Å². The van der Waals surface area contributed by atoms with E-state index in [1.165, 1.54) is 36.4 Å². The maximum Gasteiger partial charge on any atom is 0.341 e. The molecule has 0 spiro atoms. The number of carbonyl (C=O) groups is 10. The first-order valence-electron chi connectivity index (χ1n) is 25.5. The SMILES string of the molecule is C=CC(=O)OCCOCCOC(=O)C1CCC(C(=O)Oc2ccc(OC(=O)C3CCC(C(=O)Oc4ccc(OC(=O)C5CCC(C(=O)OCCOC(C)COC(=O)C=C)CC5)cc4C(=O)OC)CC3)c(C(=O)OC)c2)CC1. The van der Waals surface area contributed by atoms with Crippen LogP contribution in [0.3, 0.4) is 0 Å². The Bertz CT molecular complexity index is 2440. The molecule has 3 aliphatic rings. The summed E-state index contributed by atoms with van der Waals surface area (Å²) in [7, 11) is 2.28. The van der Waals surface area contributed by atoms with Crippen molar-refractivity contribution in [1.82, 2.24) is 0 Å². The molecule has 0 N–H and O–H groups in total. The van der Waals surface area contributed by atoms with Crippen LogP contribution in [0.1, 0.15) is 105 Å². The highest BCUT2D eigenvalue weighted by atomic mass is 16.6. The van der Waals surface area contributed by atoms with Gasteiger partial charge in [0.25, 0.3) is 0 Å². The van der Waals surface area contributed by atoms with E-state index in [9.17, 15) is 47.9 Å². The Morgan fingerprint density at radius 3 is 1.17 bits per heavy atom. The molecule has 3 saturated carbocycles. The number of hydrogen-bond acceptors (Lipinski definition) is 22. The van der Waals surface area contributed by atoms with E-state index in [1.54, 1.807) is 6.92 Å². The van der Waals surface area contributed by atoms with Crippen LogP contribution >= 0.6 is 0 Å². The molecule has 0 aliphatic heterocycles. The lowest BCUT2D eigenvalue weighted by Crippen LogP contribution is -2.31. The fourth-order valence-corrected chi connectivity index (χ4v) is 8.84. The molecule has 0 aromatic heterocycles. The van der Waals surface area contributed by atoms with Gasteiger partial charge in [-0.3, -0.25) is 28.8 Å². The minimum atomic E-state index is -0.854. The number of esters is 10. The van der Waals surface area contributed by atoms with Crippen LogP contribution in [0.25, 0.3) is 0 Å². The van der Waals surface area contributed by atoms with Gasteiger partial charge in [0.1, 0.15) is 60.6 Å². The number of ether oxygens (including phenoxy) is 12. The smallest absolute Gasteiger partial charge is 0.341 e. The van der Waals surface area contributed by atoms with Crippen molar-refractivity contribution < 1.29 is 105 Å². The van der Waals surface area contributed by atoms with Crippen molar-refractivity contribution >= 4 is 59.7 Å². The fraction of sp³-hybridized carbons (Fsp3) is 0.527. The van der Waals surface area contributed by atoms with Gasteiger partial charge in [-0.05, 0) is 120 Å². The molecule has 0 heterocycles. The highest BCUT2D eigenvalue weighted by Gasteiger charge is 2.36. The van der Waals surface area contributed by atoms with Crippen LogP contribution in [0.4, 0.5) is 0 Å². The molecule has 0 amide bonds. The second kappa shape index (κ2) is 30.9. The quantitative estimate of drug-likeness (QED) is 0.0345. The van der Waals surface area contributed by atoms with Crippen LogP contribution in [0.2, 0.25) is 0 Å². The number of rotatable bonds is 26. The van der Waals surface area contributed by atoms with E-state index in [1.807, 2.05) is 0 Å². The van der Waals surface area contributed by atoms with E-state index >= 15 is 0 Å². The summed E-state index contributed by atoms with van der Waals surface area (Å²) in [6.07, 6.45) is 5.56. The average Bonchev–Trinajstić information content (AvgIpc) is 3.45. The summed E-state index contributed by atoms with van der Waals surface area (Å²) in [6.45, 7) is 8.78. The zero-order valence-corrected chi connectivity index (χ0v) is 43.5. The maximum absolute atomic E-state index is 13.4. The van der Waals surface area contributed by atoms with Gasteiger partial charge >= 0.3 is 59.7 Å². The van der Waals surface area contributed by atoms with Crippen molar-refractivity contribution in [3.8, 4) is 23.0 Å². The number of hydrogen-bond donors (Lipinski definition) is 0. The molecule has 1 atom stereocenters. The fourth-order valence-electron chi connectivity index (χ4n) is 8.84. The molecule has 2 aromatic carbocycles. The molecule has 22 heteroatoms. The van der Waals surface area contributed by atoms with Crippen LogP contribution in [0, 0.1) is 35.5 Å². The Balaban J connectivity index is 1.04. The van der Waals surface area contributed by atoms with E-state index in [-0.39, 0.29) is 106 Å². The highest BCUT2D eigenvalue weighted by molar-refractivity contribution is 5.95.